The highest BCUT2D eigenvalue weighted by atomic mass is 19.1. The summed E-state index contributed by atoms with van der Waals surface area (Å²) in [6, 6.07) is 5.76. The number of nitrogens with one attached hydrogen (secondary N) is 1. The molecule has 0 aromatic heterocycles. The Bertz CT molecular complexity index is 575. The zero-order chi connectivity index (χ0) is 17.5. The van der Waals surface area contributed by atoms with E-state index in [4.69, 9.17) is 0 Å². The molecule has 1 aromatic carbocycles. The lowest BCUT2D eigenvalue weighted by Crippen LogP contribution is -2.42. The van der Waals surface area contributed by atoms with E-state index in [-0.39, 0.29) is 24.9 Å². The molecule has 6 heteroatoms. The van der Waals surface area contributed by atoms with Crippen molar-refractivity contribution in [3.05, 3.63) is 30.1 Å². The number of anilines is 1. The summed E-state index contributed by atoms with van der Waals surface area (Å²) in [5, 5.41) is 2.64. The first-order chi connectivity index (χ1) is 11.5. The molecule has 0 spiro atoms. The quantitative estimate of drug-likeness (QED) is 0.754. The van der Waals surface area contributed by atoms with Gasteiger partial charge in [-0.1, -0.05) is 13.0 Å². The third-order valence-corrected chi connectivity index (χ3v) is 3.95. The van der Waals surface area contributed by atoms with Crippen LogP contribution in [0.15, 0.2) is 24.3 Å². The fourth-order valence-corrected chi connectivity index (χ4v) is 2.60. The predicted octanol–water partition coefficient (Wildman–Crippen LogP) is 2.34. The number of nitrogens with zero attached hydrogens (tertiary/aromatic N) is 2. The second-order valence-electron chi connectivity index (χ2n) is 6.51. The number of amides is 2. The summed E-state index contributed by atoms with van der Waals surface area (Å²) in [5.74, 6) is 0.0543. The van der Waals surface area contributed by atoms with Gasteiger partial charge in [0.15, 0.2) is 0 Å². The molecule has 0 saturated heterocycles. The van der Waals surface area contributed by atoms with Gasteiger partial charge in [-0.3, -0.25) is 14.5 Å². The van der Waals surface area contributed by atoms with E-state index in [0.717, 1.165) is 19.5 Å². The standard InChI is InChI=1S/C18H26FN3O2/c1-3-9-22(11-14-7-8-14)18(24)13-21(2)12-17(23)20-16-6-4-5-15(19)10-16/h4-6,10,14H,3,7-9,11-13H2,1-2H3,(H,20,23). The van der Waals surface area contributed by atoms with Crippen molar-refractivity contribution in [2.75, 3.05) is 38.5 Å². The Morgan fingerprint density at radius 2 is 2.04 bits per heavy atom. The summed E-state index contributed by atoms with van der Waals surface area (Å²) in [6.07, 6.45) is 3.35. The van der Waals surface area contributed by atoms with E-state index in [1.54, 1.807) is 24.1 Å². The summed E-state index contributed by atoms with van der Waals surface area (Å²) < 4.78 is 13.1. The number of likely N-dealkylation sites (N-methyl/N-ethyl adjacent to an activating group) is 1. The summed E-state index contributed by atoms with van der Waals surface area (Å²) in [7, 11) is 1.74. The number of benzene rings is 1. The van der Waals surface area contributed by atoms with Crippen LogP contribution in [-0.2, 0) is 9.59 Å². The monoisotopic (exact) mass is 335 g/mol. The molecule has 2 amide bonds. The Balaban J connectivity index is 1.78. The van der Waals surface area contributed by atoms with E-state index >= 15 is 0 Å². The first-order valence-electron chi connectivity index (χ1n) is 8.49. The molecule has 1 saturated carbocycles. The number of carbonyl (C=O) groups excluding carboxylic acids is 2. The van der Waals surface area contributed by atoms with Crippen molar-refractivity contribution in [1.82, 2.24) is 9.80 Å². The molecular weight excluding hydrogens is 309 g/mol. The van der Waals surface area contributed by atoms with Gasteiger partial charge in [0.2, 0.25) is 11.8 Å². The van der Waals surface area contributed by atoms with Crippen molar-refractivity contribution < 1.29 is 14.0 Å². The molecule has 1 aromatic rings. The van der Waals surface area contributed by atoms with Gasteiger partial charge in [0, 0.05) is 18.8 Å². The molecule has 1 N–H and O–H groups in total. The molecular formula is C18H26FN3O2. The molecule has 1 aliphatic rings. The number of hydrogen-bond acceptors (Lipinski definition) is 3. The van der Waals surface area contributed by atoms with E-state index in [1.807, 2.05) is 4.90 Å². The zero-order valence-electron chi connectivity index (χ0n) is 14.4. The third-order valence-electron chi connectivity index (χ3n) is 3.95. The van der Waals surface area contributed by atoms with E-state index in [1.165, 1.54) is 25.0 Å². The van der Waals surface area contributed by atoms with Gasteiger partial charge in [-0.15, -0.1) is 0 Å². The topological polar surface area (TPSA) is 52.7 Å². The molecule has 132 valence electrons. The van der Waals surface area contributed by atoms with Crippen LogP contribution < -0.4 is 5.32 Å². The third kappa shape index (κ3) is 6.28. The van der Waals surface area contributed by atoms with Crippen LogP contribution in [0.2, 0.25) is 0 Å². The number of carbonyl (C=O) groups is 2. The predicted molar refractivity (Wildman–Crippen MR) is 92.1 cm³/mol. The number of hydrogen-bond donors (Lipinski definition) is 1. The van der Waals surface area contributed by atoms with Gasteiger partial charge in [-0.2, -0.15) is 0 Å². The Morgan fingerprint density at radius 3 is 2.67 bits per heavy atom. The SMILES string of the molecule is CCCN(CC1CC1)C(=O)CN(C)CC(=O)Nc1cccc(F)c1. The van der Waals surface area contributed by atoms with E-state index < -0.39 is 5.82 Å². The van der Waals surface area contributed by atoms with E-state index in [2.05, 4.69) is 12.2 Å². The molecule has 0 radical (unpaired) electrons. The zero-order valence-corrected chi connectivity index (χ0v) is 14.4. The van der Waals surface area contributed by atoms with Gasteiger partial charge in [0.25, 0.3) is 0 Å². The molecule has 0 bridgehead atoms. The number of halogens is 1. The molecule has 0 aliphatic heterocycles. The second-order valence-corrected chi connectivity index (χ2v) is 6.51. The molecule has 2 rings (SSSR count). The lowest BCUT2D eigenvalue weighted by molar-refractivity contribution is -0.132. The maximum Gasteiger partial charge on any atom is 0.238 e. The average molecular weight is 335 g/mol. The van der Waals surface area contributed by atoms with Crippen molar-refractivity contribution in [3.63, 3.8) is 0 Å². The van der Waals surface area contributed by atoms with Crippen molar-refractivity contribution in [1.29, 1.82) is 0 Å². The smallest absolute Gasteiger partial charge is 0.238 e. The minimum atomic E-state index is -0.397. The fraction of sp³-hybridized carbons (Fsp3) is 0.556. The van der Waals surface area contributed by atoms with Gasteiger partial charge < -0.3 is 10.2 Å². The minimum Gasteiger partial charge on any atom is -0.341 e. The molecule has 1 fully saturated rings. The van der Waals surface area contributed by atoms with Crippen molar-refractivity contribution >= 4 is 17.5 Å². The van der Waals surface area contributed by atoms with Crippen LogP contribution in [0.1, 0.15) is 26.2 Å². The summed E-state index contributed by atoms with van der Waals surface area (Å²) in [5.41, 5.74) is 0.418. The van der Waals surface area contributed by atoms with Gasteiger partial charge >= 0.3 is 0 Å². The highest BCUT2D eigenvalue weighted by Gasteiger charge is 2.26. The van der Waals surface area contributed by atoms with Crippen molar-refractivity contribution in [2.24, 2.45) is 5.92 Å². The van der Waals surface area contributed by atoms with E-state index in [9.17, 15) is 14.0 Å². The lowest BCUT2D eigenvalue weighted by atomic mass is 10.3. The highest BCUT2D eigenvalue weighted by molar-refractivity contribution is 5.92. The van der Waals surface area contributed by atoms with Crippen LogP contribution in [0.25, 0.3) is 0 Å². The lowest BCUT2D eigenvalue weighted by Gasteiger charge is -2.25. The normalized spacial score (nSPS) is 13.8. The molecule has 0 atom stereocenters. The minimum absolute atomic E-state index is 0.0600. The van der Waals surface area contributed by atoms with Crippen LogP contribution in [0.3, 0.4) is 0 Å². The summed E-state index contributed by atoms with van der Waals surface area (Å²) in [6.45, 7) is 3.95. The second kappa shape index (κ2) is 8.78. The highest BCUT2D eigenvalue weighted by Crippen LogP contribution is 2.29. The van der Waals surface area contributed by atoms with Gasteiger partial charge in [-0.25, -0.2) is 4.39 Å². The Kier molecular flexibility index (Phi) is 6.73. The van der Waals surface area contributed by atoms with Crippen LogP contribution in [0, 0.1) is 11.7 Å². The molecule has 0 heterocycles. The number of rotatable bonds is 9. The summed E-state index contributed by atoms with van der Waals surface area (Å²) in [4.78, 5) is 28.0. The van der Waals surface area contributed by atoms with Crippen molar-refractivity contribution in [2.45, 2.75) is 26.2 Å². The van der Waals surface area contributed by atoms with Gasteiger partial charge in [0.05, 0.1) is 13.1 Å². The maximum absolute atomic E-state index is 13.1. The van der Waals surface area contributed by atoms with Crippen LogP contribution >= 0.6 is 0 Å². The fourth-order valence-electron chi connectivity index (χ4n) is 2.60. The van der Waals surface area contributed by atoms with Gasteiger partial charge in [-0.05, 0) is 50.4 Å². The van der Waals surface area contributed by atoms with Crippen LogP contribution in [0.4, 0.5) is 10.1 Å². The van der Waals surface area contributed by atoms with Crippen molar-refractivity contribution in [3.8, 4) is 0 Å². The largest absolute Gasteiger partial charge is 0.341 e. The molecule has 1 aliphatic carbocycles. The van der Waals surface area contributed by atoms with Crippen LogP contribution in [0.5, 0.6) is 0 Å². The molecule has 5 nitrogen and oxygen atoms in total. The Hall–Kier alpha value is -1.95. The molecule has 24 heavy (non-hydrogen) atoms. The average Bonchev–Trinajstić information content (AvgIpc) is 3.30. The maximum atomic E-state index is 13.1. The van der Waals surface area contributed by atoms with Gasteiger partial charge in [0.1, 0.15) is 5.82 Å². The molecule has 0 unspecified atom stereocenters. The van der Waals surface area contributed by atoms with E-state index in [0.29, 0.717) is 11.6 Å². The van der Waals surface area contributed by atoms with Crippen LogP contribution in [-0.4, -0.2) is 54.8 Å². The summed E-state index contributed by atoms with van der Waals surface area (Å²) >= 11 is 0. The Labute approximate surface area is 142 Å². The Morgan fingerprint density at radius 1 is 1.29 bits per heavy atom. The first-order valence-corrected chi connectivity index (χ1v) is 8.49. The first kappa shape index (κ1) is 18.4.